The third-order valence-electron chi connectivity index (χ3n) is 5.32. The van der Waals surface area contributed by atoms with Gasteiger partial charge in [0, 0.05) is 48.9 Å². The second-order valence-electron chi connectivity index (χ2n) is 7.65. The lowest BCUT2D eigenvalue weighted by atomic mass is 9.99. The Hall–Kier alpha value is -2.58. The summed E-state index contributed by atoms with van der Waals surface area (Å²) in [4.78, 5) is 19.6. The van der Waals surface area contributed by atoms with Gasteiger partial charge in [-0.1, -0.05) is 17.7 Å². The first-order chi connectivity index (χ1) is 14.1. The van der Waals surface area contributed by atoms with Crippen molar-refractivity contribution < 1.29 is 8.42 Å². The highest BCUT2D eigenvalue weighted by atomic mass is 35.5. The molecule has 0 spiro atoms. The summed E-state index contributed by atoms with van der Waals surface area (Å²) >= 11 is 6.46. The molecule has 0 unspecified atom stereocenters. The molecule has 7 nitrogen and oxygen atoms in total. The van der Waals surface area contributed by atoms with Gasteiger partial charge in [0.05, 0.1) is 22.5 Å². The number of aryl methyl sites for hydroxylation is 2. The van der Waals surface area contributed by atoms with E-state index in [1.165, 1.54) is 0 Å². The van der Waals surface area contributed by atoms with Gasteiger partial charge in [0.15, 0.2) is 0 Å². The van der Waals surface area contributed by atoms with Crippen LogP contribution in [0.4, 0.5) is 5.82 Å². The van der Waals surface area contributed by atoms with Gasteiger partial charge in [0.25, 0.3) is 0 Å². The zero-order valence-electron chi connectivity index (χ0n) is 17.2. The molecule has 0 radical (unpaired) electrons. The zero-order valence-corrected chi connectivity index (χ0v) is 18.8. The summed E-state index contributed by atoms with van der Waals surface area (Å²) in [6, 6.07) is 3.98. The van der Waals surface area contributed by atoms with Crippen LogP contribution in [0.3, 0.4) is 0 Å². The number of halogens is 1. The van der Waals surface area contributed by atoms with Crippen molar-refractivity contribution in [2.45, 2.75) is 38.4 Å². The summed E-state index contributed by atoms with van der Waals surface area (Å²) in [6.07, 6.45) is 6.81. The number of hydrogen-bond acceptors (Lipinski definition) is 7. The minimum Gasteiger partial charge on any atom is -0.349 e. The van der Waals surface area contributed by atoms with Crippen LogP contribution >= 0.6 is 11.6 Å². The second-order valence-corrected chi connectivity index (χ2v) is 9.96. The van der Waals surface area contributed by atoms with Crippen LogP contribution in [0.5, 0.6) is 0 Å². The minimum atomic E-state index is -3.44. The standard InChI is InChI=1S/C21H22ClN5O2S/c1-12-7-13(2)20(24-9-12)15-8-19(23-11-17(15)22)27-6-5-18-16(14(27)3)10-25-21(26-18)30(4,28)29/h7-11,14H,5-6H2,1-4H3/t14-/m0/s1. The number of aromatic nitrogens is 4. The molecule has 9 heteroatoms. The van der Waals surface area contributed by atoms with Crippen molar-refractivity contribution in [3.8, 4) is 11.3 Å². The maximum absolute atomic E-state index is 11.8. The predicted octanol–water partition coefficient (Wildman–Crippen LogP) is 3.73. The van der Waals surface area contributed by atoms with Gasteiger partial charge >= 0.3 is 0 Å². The molecule has 3 aromatic rings. The van der Waals surface area contributed by atoms with Crippen LogP contribution < -0.4 is 4.90 Å². The first-order valence-electron chi connectivity index (χ1n) is 9.57. The lowest BCUT2D eigenvalue weighted by molar-refractivity contribution is 0.574. The molecule has 0 saturated carbocycles. The van der Waals surface area contributed by atoms with E-state index in [0.717, 1.165) is 45.7 Å². The monoisotopic (exact) mass is 443 g/mol. The van der Waals surface area contributed by atoms with Gasteiger partial charge in [-0.3, -0.25) is 4.98 Å². The molecule has 1 aliphatic rings. The van der Waals surface area contributed by atoms with E-state index in [1.54, 1.807) is 12.4 Å². The highest BCUT2D eigenvalue weighted by Crippen LogP contribution is 2.36. The Balaban J connectivity index is 1.72. The molecule has 30 heavy (non-hydrogen) atoms. The van der Waals surface area contributed by atoms with Crippen molar-refractivity contribution in [2.24, 2.45) is 0 Å². The number of rotatable bonds is 3. The number of anilines is 1. The molecule has 0 aliphatic carbocycles. The molecular weight excluding hydrogens is 422 g/mol. The Morgan fingerprint density at radius 3 is 2.57 bits per heavy atom. The third kappa shape index (κ3) is 3.77. The van der Waals surface area contributed by atoms with Gasteiger partial charge in [-0.05, 0) is 38.0 Å². The van der Waals surface area contributed by atoms with Crippen LogP contribution in [0.25, 0.3) is 11.3 Å². The van der Waals surface area contributed by atoms with Crippen LogP contribution in [0.2, 0.25) is 5.02 Å². The number of nitrogens with zero attached hydrogens (tertiary/aromatic N) is 5. The van der Waals surface area contributed by atoms with Crippen LogP contribution in [0.1, 0.15) is 35.3 Å². The molecule has 4 rings (SSSR count). The van der Waals surface area contributed by atoms with Gasteiger partial charge in [-0.15, -0.1) is 0 Å². The Kier molecular flexibility index (Phi) is 5.23. The van der Waals surface area contributed by atoms with Crippen LogP contribution in [0.15, 0.2) is 35.9 Å². The van der Waals surface area contributed by atoms with E-state index in [2.05, 4.69) is 30.9 Å². The molecule has 0 aromatic carbocycles. The number of sulfone groups is 1. The van der Waals surface area contributed by atoms with Crippen molar-refractivity contribution in [1.82, 2.24) is 19.9 Å². The molecule has 0 fully saturated rings. The summed E-state index contributed by atoms with van der Waals surface area (Å²) in [5.74, 6) is 0.779. The first kappa shape index (κ1) is 20.7. The lowest BCUT2D eigenvalue weighted by Gasteiger charge is -2.35. The van der Waals surface area contributed by atoms with E-state index in [-0.39, 0.29) is 11.2 Å². The fourth-order valence-electron chi connectivity index (χ4n) is 3.80. The maximum Gasteiger partial charge on any atom is 0.246 e. The second kappa shape index (κ2) is 7.59. The van der Waals surface area contributed by atoms with Gasteiger partial charge in [0.2, 0.25) is 15.0 Å². The summed E-state index contributed by atoms with van der Waals surface area (Å²) in [5, 5.41) is 0.416. The van der Waals surface area contributed by atoms with Crippen molar-refractivity contribution in [2.75, 3.05) is 17.7 Å². The van der Waals surface area contributed by atoms with Crippen molar-refractivity contribution >= 4 is 27.3 Å². The van der Waals surface area contributed by atoms with E-state index in [0.29, 0.717) is 18.0 Å². The molecule has 0 N–H and O–H groups in total. The average Bonchev–Trinajstić information content (AvgIpc) is 2.68. The van der Waals surface area contributed by atoms with Crippen LogP contribution in [0, 0.1) is 13.8 Å². The molecule has 4 heterocycles. The molecule has 156 valence electrons. The Morgan fingerprint density at radius 1 is 1.10 bits per heavy atom. The molecule has 0 amide bonds. The predicted molar refractivity (Wildman–Crippen MR) is 117 cm³/mol. The fraction of sp³-hybridized carbons (Fsp3) is 0.333. The average molecular weight is 444 g/mol. The molecule has 0 bridgehead atoms. The number of fused-ring (bicyclic) bond motifs is 1. The van der Waals surface area contributed by atoms with Crippen molar-refractivity contribution in [3.63, 3.8) is 0 Å². The normalized spacial score (nSPS) is 16.4. The molecule has 1 aliphatic heterocycles. The summed E-state index contributed by atoms with van der Waals surface area (Å²) < 4.78 is 23.5. The molecule has 1 atom stereocenters. The van der Waals surface area contributed by atoms with Gasteiger partial charge in [-0.25, -0.2) is 23.4 Å². The third-order valence-corrected chi connectivity index (χ3v) is 6.48. The quantitative estimate of drug-likeness (QED) is 0.569. The smallest absolute Gasteiger partial charge is 0.246 e. The zero-order chi connectivity index (χ0) is 21.6. The van der Waals surface area contributed by atoms with Gasteiger partial charge in [0.1, 0.15) is 5.82 Å². The van der Waals surface area contributed by atoms with Crippen LogP contribution in [-0.2, 0) is 16.3 Å². The van der Waals surface area contributed by atoms with Crippen molar-refractivity contribution in [1.29, 1.82) is 0 Å². The Bertz CT molecular complexity index is 1250. The molecule has 0 saturated heterocycles. The van der Waals surface area contributed by atoms with Gasteiger partial charge in [-0.2, -0.15) is 0 Å². The van der Waals surface area contributed by atoms with E-state index in [9.17, 15) is 8.42 Å². The topological polar surface area (TPSA) is 88.9 Å². The molecular formula is C21H22ClN5O2S. The molecule has 3 aromatic heterocycles. The fourth-order valence-corrected chi connectivity index (χ4v) is 4.51. The summed E-state index contributed by atoms with van der Waals surface area (Å²) in [6.45, 7) is 6.71. The first-order valence-corrected chi connectivity index (χ1v) is 11.8. The minimum absolute atomic E-state index is 0.0593. The van der Waals surface area contributed by atoms with E-state index in [4.69, 9.17) is 11.6 Å². The number of hydrogen-bond donors (Lipinski definition) is 0. The SMILES string of the molecule is Cc1cnc(-c2cc(N3CCc4nc(S(C)(=O)=O)ncc4[C@@H]3C)ncc2Cl)c(C)c1. The lowest BCUT2D eigenvalue weighted by Crippen LogP contribution is -2.35. The Morgan fingerprint density at radius 2 is 1.87 bits per heavy atom. The van der Waals surface area contributed by atoms with E-state index in [1.807, 2.05) is 33.0 Å². The van der Waals surface area contributed by atoms with Gasteiger partial charge < -0.3 is 4.90 Å². The maximum atomic E-state index is 11.8. The Labute approximate surface area is 181 Å². The van der Waals surface area contributed by atoms with Crippen LogP contribution in [-0.4, -0.2) is 41.2 Å². The number of pyridine rings is 2. The summed E-state index contributed by atoms with van der Waals surface area (Å²) in [5.41, 5.74) is 5.47. The highest BCUT2D eigenvalue weighted by Gasteiger charge is 2.28. The summed E-state index contributed by atoms with van der Waals surface area (Å²) in [7, 11) is -3.44. The highest BCUT2D eigenvalue weighted by molar-refractivity contribution is 7.90. The van der Waals surface area contributed by atoms with E-state index < -0.39 is 9.84 Å². The van der Waals surface area contributed by atoms with Crippen molar-refractivity contribution in [3.05, 3.63) is 58.1 Å². The largest absolute Gasteiger partial charge is 0.349 e. The van der Waals surface area contributed by atoms with E-state index >= 15 is 0 Å².